The van der Waals surface area contributed by atoms with Gasteiger partial charge < -0.3 is 14.8 Å². The average molecular weight is 275 g/mol. The van der Waals surface area contributed by atoms with Gasteiger partial charge in [0.25, 0.3) is 0 Å². The van der Waals surface area contributed by atoms with Crippen molar-refractivity contribution in [3.63, 3.8) is 0 Å². The number of carboxylic acids is 1. The fraction of sp³-hybridized carbons (Fsp3) is 0.438. The number of hydrogen-bond acceptors (Lipinski definition) is 2. The summed E-state index contributed by atoms with van der Waals surface area (Å²) in [5.41, 5.74) is 3.28. The predicted octanol–water partition coefficient (Wildman–Crippen LogP) is 3.15. The van der Waals surface area contributed by atoms with E-state index >= 15 is 0 Å². The van der Waals surface area contributed by atoms with Crippen LogP contribution < -0.4 is 0 Å². The van der Waals surface area contributed by atoms with Crippen molar-refractivity contribution in [1.29, 1.82) is 0 Å². The van der Waals surface area contributed by atoms with Gasteiger partial charge in [0.1, 0.15) is 0 Å². The summed E-state index contributed by atoms with van der Waals surface area (Å²) in [6.45, 7) is 6.92. The molecule has 0 fully saturated rings. The van der Waals surface area contributed by atoms with Crippen LogP contribution in [0.2, 0.25) is 0 Å². The third kappa shape index (κ3) is 2.56. The van der Waals surface area contributed by atoms with Gasteiger partial charge in [0, 0.05) is 30.3 Å². The van der Waals surface area contributed by atoms with Gasteiger partial charge in [-0.25, -0.2) is 4.79 Å². The van der Waals surface area contributed by atoms with Gasteiger partial charge in [-0.3, -0.25) is 0 Å². The molecule has 0 unspecified atom stereocenters. The van der Waals surface area contributed by atoms with Crippen LogP contribution in [0.3, 0.4) is 0 Å². The van der Waals surface area contributed by atoms with Crippen molar-refractivity contribution in [3.05, 3.63) is 35.0 Å². The van der Waals surface area contributed by atoms with Crippen molar-refractivity contribution in [1.82, 2.24) is 4.57 Å². The molecule has 0 spiro atoms. The third-order valence-electron chi connectivity index (χ3n) is 3.67. The molecule has 1 aromatic carbocycles. The van der Waals surface area contributed by atoms with Gasteiger partial charge in [-0.2, -0.15) is 0 Å². The van der Waals surface area contributed by atoms with Crippen molar-refractivity contribution in [2.24, 2.45) is 0 Å². The Labute approximate surface area is 118 Å². The minimum Gasteiger partial charge on any atom is -0.478 e. The highest BCUT2D eigenvalue weighted by molar-refractivity contribution is 5.96. The number of carboxylic acid groups (broad SMARTS) is 1. The first kappa shape index (κ1) is 14.6. The molecule has 4 nitrogen and oxygen atoms in total. The van der Waals surface area contributed by atoms with E-state index in [0.29, 0.717) is 24.4 Å². The van der Waals surface area contributed by atoms with Crippen molar-refractivity contribution in [2.75, 3.05) is 6.61 Å². The number of aryl methyl sites for hydroxylation is 2. The Hall–Kier alpha value is -1.81. The minimum atomic E-state index is -0.898. The van der Waals surface area contributed by atoms with Crippen molar-refractivity contribution in [2.45, 2.75) is 39.7 Å². The standard InChI is InChI=1S/C16H21NO3/c1-10(2)14-9-17(5-4-6-18)15-8-12(16(19)20)11(3)7-13(14)15/h7-10,18H,4-6H2,1-3H3,(H,19,20). The van der Waals surface area contributed by atoms with Crippen LogP contribution in [0.15, 0.2) is 18.3 Å². The van der Waals surface area contributed by atoms with E-state index in [1.54, 1.807) is 6.07 Å². The molecule has 108 valence electrons. The Bertz CT molecular complexity index is 641. The van der Waals surface area contributed by atoms with Crippen LogP contribution in [-0.4, -0.2) is 27.4 Å². The van der Waals surface area contributed by atoms with Gasteiger partial charge in [-0.1, -0.05) is 13.8 Å². The molecule has 4 heteroatoms. The highest BCUT2D eigenvalue weighted by Gasteiger charge is 2.16. The summed E-state index contributed by atoms with van der Waals surface area (Å²) >= 11 is 0. The number of carbonyl (C=O) groups is 1. The largest absolute Gasteiger partial charge is 0.478 e. The zero-order chi connectivity index (χ0) is 14.9. The van der Waals surface area contributed by atoms with Crippen LogP contribution in [-0.2, 0) is 6.54 Å². The summed E-state index contributed by atoms with van der Waals surface area (Å²) in [5, 5.41) is 19.4. The molecule has 2 aromatic rings. The Balaban J connectivity index is 2.67. The van der Waals surface area contributed by atoms with Gasteiger partial charge in [-0.15, -0.1) is 0 Å². The smallest absolute Gasteiger partial charge is 0.336 e. The summed E-state index contributed by atoms with van der Waals surface area (Å²) < 4.78 is 2.05. The van der Waals surface area contributed by atoms with E-state index in [-0.39, 0.29) is 6.61 Å². The number of aromatic nitrogens is 1. The van der Waals surface area contributed by atoms with Crippen LogP contribution in [0.5, 0.6) is 0 Å². The van der Waals surface area contributed by atoms with E-state index in [1.165, 1.54) is 5.56 Å². The molecule has 0 aliphatic rings. The second-order valence-corrected chi connectivity index (χ2v) is 5.50. The van der Waals surface area contributed by atoms with Gasteiger partial charge in [0.05, 0.1) is 5.56 Å². The molecule has 20 heavy (non-hydrogen) atoms. The van der Waals surface area contributed by atoms with E-state index in [0.717, 1.165) is 16.5 Å². The first-order valence-corrected chi connectivity index (χ1v) is 6.93. The summed E-state index contributed by atoms with van der Waals surface area (Å²) in [7, 11) is 0. The maximum Gasteiger partial charge on any atom is 0.336 e. The lowest BCUT2D eigenvalue weighted by Crippen LogP contribution is -2.02. The average Bonchev–Trinajstić information content (AvgIpc) is 2.73. The molecule has 1 heterocycles. The SMILES string of the molecule is Cc1cc2c(C(C)C)cn(CCCO)c2cc1C(=O)O. The van der Waals surface area contributed by atoms with Gasteiger partial charge >= 0.3 is 5.97 Å². The zero-order valence-electron chi connectivity index (χ0n) is 12.2. The normalized spacial score (nSPS) is 11.4. The Kier molecular flexibility index (Phi) is 4.14. The first-order chi connectivity index (χ1) is 9.45. The molecule has 0 aliphatic carbocycles. The molecule has 0 bridgehead atoms. The number of aromatic carboxylic acids is 1. The minimum absolute atomic E-state index is 0.133. The van der Waals surface area contributed by atoms with Crippen LogP contribution >= 0.6 is 0 Å². The second kappa shape index (κ2) is 5.67. The van der Waals surface area contributed by atoms with Crippen molar-refractivity contribution >= 4 is 16.9 Å². The zero-order valence-corrected chi connectivity index (χ0v) is 12.2. The van der Waals surface area contributed by atoms with Gasteiger partial charge in [-0.05, 0) is 42.5 Å². The summed E-state index contributed by atoms with van der Waals surface area (Å²) in [6, 6.07) is 3.71. The molecule has 0 saturated carbocycles. The lowest BCUT2D eigenvalue weighted by Gasteiger charge is -2.07. The third-order valence-corrected chi connectivity index (χ3v) is 3.67. The number of rotatable bonds is 5. The van der Waals surface area contributed by atoms with Crippen molar-refractivity contribution < 1.29 is 15.0 Å². The Morgan fingerprint density at radius 2 is 2.05 bits per heavy atom. The molecule has 0 aliphatic heterocycles. The van der Waals surface area contributed by atoms with E-state index in [9.17, 15) is 9.90 Å². The predicted molar refractivity (Wildman–Crippen MR) is 79.4 cm³/mol. The molecule has 0 amide bonds. The quantitative estimate of drug-likeness (QED) is 0.881. The lowest BCUT2D eigenvalue weighted by atomic mass is 9.99. The van der Waals surface area contributed by atoms with Crippen LogP contribution in [0.25, 0.3) is 10.9 Å². The topological polar surface area (TPSA) is 62.5 Å². The number of aliphatic hydroxyl groups excluding tert-OH is 1. The lowest BCUT2D eigenvalue weighted by molar-refractivity contribution is 0.0696. The second-order valence-electron chi connectivity index (χ2n) is 5.50. The number of hydrogen-bond donors (Lipinski definition) is 2. The Morgan fingerprint density at radius 3 is 2.60 bits per heavy atom. The molecule has 0 radical (unpaired) electrons. The Morgan fingerprint density at radius 1 is 1.35 bits per heavy atom. The molecule has 0 atom stereocenters. The fourth-order valence-electron chi connectivity index (χ4n) is 2.59. The molecule has 1 aromatic heterocycles. The highest BCUT2D eigenvalue weighted by Crippen LogP contribution is 2.30. The van der Waals surface area contributed by atoms with Crippen LogP contribution in [0.4, 0.5) is 0 Å². The van der Waals surface area contributed by atoms with E-state index in [2.05, 4.69) is 20.0 Å². The molecular formula is C16H21NO3. The molecule has 0 saturated heterocycles. The molecule has 2 rings (SSSR count). The summed E-state index contributed by atoms with van der Waals surface area (Å²) in [4.78, 5) is 11.3. The molecule has 2 N–H and O–H groups in total. The maximum absolute atomic E-state index is 11.3. The summed E-state index contributed by atoms with van der Waals surface area (Å²) in [6.07, 6.45) is 2.74. The fourth-order valence-corrected chi connectivity index (χ4v) is 2.59. The van der Waals surface area contributed by atoms with E-state index < -0.39 is 5.97 Å². The van der Waals surface area contributed by atoms with E-state index in [4.69, 9.17) is 5.11 Å². The van der Waals surface area contributed by atoms with Crippen LogP contribution in [0.1, 0.15) is 47.7 Å². The van der Waals surface area contributed by atoms with E-state index in [1.807, 2.05) is 17.6 Å². The van der Waals surface area contributed by atoms with Gasteiger partial charge in [0.2, 0.25) is 0 Å². The number of benzene rings is 1. The molecular weight excluding hydrogens is 254 g/mol. The van der Waals surface area contributed by atoms with Crippen molar-refractivity contribution in [3.8, 4) is 0 Å². The number of aliphatic hydroxyl groups is 1. The van der Waals surface area contributed by atoms with Gasteiger partial charge in [0.15, 0.2) is 0 Å². The first-order valence-electron chi connectivity index (χ1n) is 6.93. The number of nitrogens with zero attached hydrogens (tertiary/aromatic N) is 1. The summed E-state index contributed by atoms with van der Waals surface area (Å²) in [5.74, 6) is -0.520. The van der Waals surface area contributed by atoms with Crippen LogP contribution in [0, 0.1) is 6.92 Å². The monoisotopic (exact) mass is 275 g/mol. The number of fused-ring (bicyclic) bond motifs is 1. The maximum atomic E-state index is 11.3. The highest BCUT2D eigenvalue weighted by atomic mass is 16.4.